The minimum Gasteiger partial charge on any atom is -0.375 e. The highest BCUT2D eigenvalue weighted by Crippen LogP contribution is 2.34. The summed E-state index contributed by atoms with van der Waals surface area (Å²) in [4.78, 5) is 11.0. The number of ether oxygens (including phenoxy) is 1. The van der Waals surface area contributed by atoms with Crippen molar-refractivity contribution in [1.29, 1.82) is 0 Å². The van der Waals surface area contributed by atoms with Crippen molar-refractivity contribution >= 4 is 5.91 Å². The van der Waals surface area contributed by atoms with Gasteiger partial charge in [0.1, 0.15) is 6.61 Å². The molecule has 1 aliphatic rings. The lowest BCUT2D eigenvalue weighted by Crippen LogP contribution is -2.30. The van der Waals surface area contributed by atoms with Crippen molar-refractivity contribution in [2.45, 2.75) is 32.2 Å². The Bertz CT molecular complexity index is 159. The van der Waals surface area contributed by atoms with Gasteiger partial charge in [-0.1, -0.05) is 13.3 Å². The van der Waals surface area contributed by atoms with Crippen molar-refractivity contribution in [3.8, 4) is 0 Å². The Morgan fingerprint density at radius 1 is 1.67 bits per heavy atom. The summed E-state index contributed by atoms with van der Waals surface area (Å²) < 4.78 is 4.72. The van der Waals surface area contributed by atoms with Gasteiger partial charge in [0.15, 0.2) is 0 Å². The summed E-state index contributed by atoms with van der Waals surface area (Å²) in [5, 5.41) is 2.93. The van der Waals surface area contributed by atoms with E-state index >= 15 is 0 Å². The maximum Gasteiger partial charge on any atom is 0.246 e. The smallest absolute Gasteiger partial charge is 0.246 e. The molecule has 70 valence electrons. The van der Waals surface area contributed by atoms with Gasteiger partial charge in [-0.25, -0.2) is 0 Å². The van der Waals surface area contributed by atoms with Gasteiger partial charge in [-0.15, -0.1) is 0 Å². The number of carbonyl (C=O) groups is 1. The van der Waals surface area contributed by atoms with Gasteiger partial charge in [0.25, 0.3) is 0 Å². The Balaban J connectivity index is 2.06. The number of hydrogen-bond donors (Lipinski definition) is 1. The second kappa shape index (κ2) is 4.45. The quantitative estimate of drug-likeness (QED) is 0.668. The minimum atomic E-state index is 0.0149. The van der Waals surface area contributed by atoms with Gasteiger partial charge in [-0.2, -0.15) is 0 Å². The normalized spacial score (nSPS) is 26.8. The lowest BCUT2D eigenvalue weighted by Gasteiger charge is -2.02. The molecule has 0 aromatic heterocycles. The van der Waals surface area contributed by atoms with E-state index < -0.39 is 0 Å². The first-order valence-corrected chi connectivity index (χ1v) is 4.56. The maximum atomic E-state index is 11.0. The zero-order valence-electron chi connectivity index (χ0n) is 7.80. The molecule has 0 aromatic carbocycles. The molecular weight excluding hydrogens is 154 g/mol. The van der Waals surface area contributed by atoms with Gasteiger partial charge in [-0.3, -0.25) is 4.79 Å². The van der Waals surface area contributed by atoms with E-state index in [1.165, 1.54) is 20.0 Å². The Morgan fingerprint density at radius 3 is 3.00 bits per heavy atom. The SMILES string of the molecule is CCCC1CC1NC(=O)COC. The van der Waals surface area contributed by atoms with E-state index in [0.717, 1.165) is 12.3 Å². The monoisotopic (exact) mass is 171 g/mol. The lowest BCUT2D eigenvalue weighted by molar-refractivity contribution is -0.124. The molecule has 1 N–H and O–H groups in total. The highest BCUT2D eigenvalue weighted by molar-refractivity contribution is 5.77. The molecular formula is C9H17NO2. The van der Waals surface area contributed by atoms with E-state index in [4.69, 9.17) is 4.74 Å². The van der Waals surface area contributed by atoms with Crippen LogP contribution >= 0.6 is 0 Å². The number of rotatable bonds is 5. The van der Waals surface area contributed by atoms with Gasteiger partial charge in [0, 0.05) is 13.2 Å². The molecule has 1 rings (SSSR count). The van der Waals surface area contributed by atoms with Crippen molar-refractivity contribution in [1.82, 2.24) is 5.32 Å². The molecule has 2 unspecified atom stereocenters. The minimum absolute atomic E-state index is 0.0149. The fraction of sp³-hybridized carbons (Fsp3) is 0.889. The highest BCUT2D eigenvalue weighted by atomic mass is 16.5. The molecule has 0 aliphatic heterocycles. The van der Waals surface area contributed by atoms with Crippen molar-refractivity contribution in [2.75, 3.05) is 13.7 Å². The summed E-state index contributed by atoms with van der Waals surface area (Å²) in [6.45, 7) is 2.36. The molecule has 3 heteroatoms. The molecule has 0 radical (unpaired) electrons. The van der Waals surface area contributed by atoms with Crippen molar-refractivity contribution in [3.63, 3.8) is 0 Å². The molecule has 0 heterocycles. The van der Waals surface area contributed by atoms with Crippen LogP contribution in [-0.2, 0) is 9.53 Å². The number of nitrogens with one attached hydrogen (secondary N) is 1. The third kappa shape index (κ3) is 2.81. The molecule has 2 atom stereocenters. The topological polar surface area (TPSA) is 38.3 Å². The summed E-state index contributed by atoms with van der Waals surface area (Å²) in [6.07, 6.45) is 3.60. The largest absolute Gasteiger partial charge is 0.375 e. The van der Waals surface area contributed by atoms with E-state index in [2.05, 4.69) is 12.2 Å². The van der Waals surface area contributed by atoms with Gasteiger partial charge in [0.2, 0.25) is 5.91 Å². The first kappa shape index (κ1) is 9.52. The highest BCUT2D eigenvalue weighted by Gasteiger charge is 2.36. The van der Waals surface area contributed by atoms with E-state index in [0.29, 0.717) is 6.04 Å². The Hall–Kier alpha value is -0.570. The molecule has 3 nitrogen and oxygen atoms in total. The first-order chi connectivity index (χ1) is 5.77. The van der Waals surface area contributed by atoms with E-state index in [1.54, 1.807) is 0 Å². The maximum absolute atomic E-state index is 11.0. The fourth-order valence-electron chi connectivity index (χ4n) is 1.49. The Kier molecular flexibility index (Phi) is 3.53. The average molecular weight is 171 g/mol. The van der Waals surface area contributed by atoms with Gasteiger partial charge in [-0.05, 0) is 18.8 Å². The van der Waals surface area contributed by atoms with Crippen molar-refractivity contribution < 1.29 is 9.53 Å². The molecule has 1 amide bonds. The summed E-state index contributed by atoms with van der Waals surface area (Å²) in [5.41, 5.74) is 0. The fourth-order valence-corrected chi connectivity index (χ4v) is 1.49. The third-order valence-electron chi connectivity index (χ3n) is 2.20. The van der Waals surface area contributed by atoms with Crippen LogP contribution in [0, 0.1) is 5.92 Å². The van der Waals surface area contributed by atoms with Crippen LogP contribution in [0.2, 0.25) is 0 Å². The molecule has 1 aliphatic carbocycles. The number of carbonyl (C=O) groups excluding carboxylic acids is 1. The van der Waals surface area contributed by atoms with Crippen LogP contribution in [0.15, 0.2) is 0 Å². The van der Waals surface area contributed by atoms with E-state index in [9.17, 15) is 4.79 Å². The first-order valence-electron chi connectivity index (χ1n) is 4.56. The predicted octanol–water partition coefficient (Wildman–Crippen LogP) is 0.938. The second-order valence-electron chi connectivity index (χ2n) is 3.39. The van der Waals surface area contributed by atoms with Crippen LogP contribution in [0.5, 0.6) is 0 Å². The van der Waals surface area contributed by atoms with Crippen molar-refractivity contribution in [2.24, 2.45) is 5.92 Å². The number of methoxy groups -OCH3 is 1. The summed E-state index contributed by atoms with van der Waals surface area (Å²) in [5.74, 6) is 0.747. The Labute approximate surface area is 73.5 Å². The van der Waals surface area contributed by atoms with E-state index in [1.807, 2.05) is 0 Å². The van der Waals surface area contributed by atoms with Crippen molar-refractivity contribution in [3.05, 3.63) is 0 Å². The average Bonchev–Trinajstić information content (AvgIpc) is 2.69. The number of hydrogen-bond acceptors (Lipinski definition) is 2. The second-order valence-corrected chi connectivity index (χ2v) is 3.39. The third-order valence-corrected chi connectivity index (χ3v) is 2.20. The van der Waals surface area contributed by atoms with Gasteiger partial charge in [0.05, 0.1) is 0 Å². The number of amides is 1. The lowest BCUT2D eigenvalue weighted by atomic mass is 10.2. The molecule has 0 saturated heterocycles. The Morgan fingerprint density at radius 2 is 2.42 bits per heavy atom. The summed E-state index contributed by atoms with van der Waals surface area (Å²) in [6, 6.07) is 0.438. The molecule has 1 saturated carbocycles. The van der Waals surface area contributed by atoms with Crippen LogP contribution in [-0.4, -0.2) is 25.7 Å². The molecule has 0 aromatic rings. The molecule has 0 spiro atoms. The standard InChI is InChI=1S/C9H17NO2/c1-3-4-7-5-8(7)10-9(11)6-12-2/h7-8H,3-6H2,1-2H3,(H,10,11). The van der Waals surface area contributed by atoms with Crippen LogP contribution < -0.4 is 5.32 Å². The van der Waals surface area contributed by atoms with Gasteiger partial charge < -0.3 is 10.1 Å². The molecule has 1 fully saturated rings. The summed E-state index contributed by atoms with van der Waals surface area (Å²) in [7, 11) is 1.54. The van der Waals surface area contributed by atoms with Crippen LogP contribution in [0.25, 0.3) is 0 Å². The van der Waals surface area contributed by atoms with E-state index in [-0.39, 0.29) is 12.5 Å². The predicted molar refractivity (Wildman–Crippen MR) is 46.8 cm³/mol. The molecule has 12 heavy (non-hydrogen) atoms. The zero-order valence-corrected chi connectivity index (χ0v) is 7.80. The molecule has 0 bridgehead atoms. The van der Waals surface area contributed by atoms with Crippen LogP contribution in [0.1, 0.15) is 26.2 Å². The zero-order chi connectivity index (χ0) is 8.97. The summed E-state index contributed by atoms with van der Waals surface area (Å²) >= 11 is 0. The van der Waals surface area contributed by atoms with Gasteiger partial charge >= 0.3 is 0 Å². The van der Waals surface area contributed by atoms with Crippen LogP contribution in [0.3, 0.4) is 0 Å². The van der Waals surface area contributed by atoms with Crippen LogP contribution in [0.4, 0.5) is 0 Å².